The molecule has 2 atom stereocenters. The zero-order valence-corrected chi connectivity index (χ0v) is 9.41. The van der Waals surface area contributed by atoms with Crippen molar-refractivity contribution in [3.05, 3.63) is 11.9 Å². The van der Waals surface area contributed by atoms with E-state index in [1.54, 1.807) is 0 Å². The monoisotopic (exact) mass is 224 g/mol. The Hall–Kier alpha value is -1.56. The molecule has 2 unspecified atom stereocenters. The number of nitrogens with zero attached hydrogens (tertiary/aromatic N) is 1. The lowest BCUT2D eigenvalue weighted by Gasteiger charge is -2.28. The van der Waals surface area contributed by atoms with Crippen LogP contribution in [0.2, 0.25) is 0 Å². The third kappa shape index (κ3) is 1.76. The molecule has 0 radical (unpaired) electrons. The van der Waals surface area contributed by atoms with Crippen molar-refractivity contribution in [2.24, 2.45) is 0 Å². The highest BCUT2D eigenvalue weighted by Gasteiger charge is 2.38. The van der Waals surface area contributed by atoms with Crippen molar-refractivity contribution in [2.75, 3.05) is 12.3 Å². The number of anilines is 1. The fraction of sp³-hybridized carbons (Fsp3) is 0.600. The van der Waals surface area contributed by atoms with E-state index in [0.717, 1.165) is 6.42 Å². The molecule has 1 amide bonds. The minimum absolute atomic E-state index is 0.000552. The number of aromatic amines is 1. The molecule has 2 rings (SSSR count). The van der Waals surface area contributed by atoms with E-state index >= 15 is 0 Å². The van der Waals surface area contributed by atoms with Gasteiger partial charge in [0.2, 0.25) is 0 Å². The van der Waals surface area contributed by atoms with Crippen LogP contribution >= 0.6 is 0 Å². The molecule has 0 spiro atoms. The second kappa shape index (κ2) is 3.79. The standard InChI is InChI=1S/C10H16N4O2/c1-6-10(2,3-4-16-6)13-9(15)8-7(11)5-12-14-8/h5-6H,3-4,11H2,1-2H3,(H,12,14)(H,13,15). The van der Waals surface area contributed by atoms with Gasteiger partial charge in [0.1, 0.15) is 5.69 Å². The molecule has 6 nitrogen and oxygen atoms in total. The van der Waals surface area contributed by atoms with Crippen LogP contribution in [-0.4, -0.2) is 34.4 Å². The highest BCUT2D eigenvalue weighted by Crippen LogP contribution is 2.25. The van der Waals surface area contributed by atoms with Crippen LogP contribution in [0.3, 0.4) is 0 Å². The summed E-state index contributed by atoms with van der Waals surface area (Å²) in [5, 5.41) is 9.23. The average molecular weight is 224 g/mol. The van der Waals surface area contributed by atoms with Gasteiger partial charge in [-0.2, -0.15) is 5.10 Å². The summed E-state index contributed by atoms with van der Waals surface area (Å²) >= 11 is 0. The van der Waals surface area contributed by atoms with Gasteiger partial charge in [-0.3, -0.25) is 9.89 Å². The summed E-state index contributed by atoms with van der Waals surface area (Å²) in [6.07, 6.45) is 2.22. The van der Waals surface area contributed by atoms with Crippen molar-refractivity contribution in [3.63, 3.8) is 0 Å². The first-order valence-electron chi connectivity index (χ1n) is 5.26. The Morgan fingerprint density at radius 3 is 3.06 bits per heavy atom. The number of nitrogen functional groups attached to an aromatic ring is 1. The number of hydrogen-bond donors (Lipinski definition) is 3. The normalized spacial score (nSPS) is 29.2. The van der Waals surface area contributed by atoms with Crippen molar-refractivity contribution in [3.8, 4) is 0 Å². The SMILES string of the molecule is CC1OCCC1(C)NC(=O)c1[nH]ncc1N. The van der Waals surface area contributed by atoms with E-state index in [1.165, 1.54) is 6.20 Å². The van der Waals surface area contributed by atoms with Crippen molar-refractivity contribution in [1.82, 2.24) is 15.5 Å². The van der Waals surface area contributed by atoms with E-state index in [0.29, 0.717) is 18.0 Å². The highest BCUT2D eigenvalue weighted by atomic mass is 16.5. The molecule has 1 aliphatic heterocycles. The van der Waals surface area contributed by atoms with Crippen LogP contribution in [0.25, 0.3) is 0 Å². The molecule has 2 heterocycles. The Labute approximate surface area is 93.5 Å². The van der Waals surface area contributed by atoms with E-state index in [2.05, 4.69) is 15.5 Å². The third-order valence-corrected chi connectivity index (χ3v) is 3.18. The summed E-state index contributed by atoms with van der Waals surface area (Å²) in [6.45, 7) is 4.58. The Morgan fingerprint density at radius 2 is 2.56 bits per heavy atom. The minimum atomic E-state index is -0.339. The van der Waals surface area contributed by atoms with Gasteiger partial charge in [-0.25, -0.2) is 0 Å². The van der Waals surface area contributed by atoms with Crippen molar-refractivity contribution in [1.29, 1.82) is 0 Å². The van der Waals surface area contributed by atoms with Crippen molar-refractivity contribution >= 4 is 11.6 Å². The number of H-pyrrole nitrogens is 1. The number of aromatic nitrogens is 2. The fourth-order valence-electron chi connectivity index (χ4n) is 1.80. The smallest absolute Gasteiger partial charge is 0.271 e. The number of hydrogen-bond acceptors (Lipinski definition) is 4. The molecule has 0 aliphatic carbocycles. The Kier molecular flexibility index (Phi) is 2.59. The van der Waals surface area contributed by atoms with Gasteiger partial charge in [-0.05, 0) is 20.3 Å². The summed E-state index contributed by atoms with van der Waals surface area (Å²) in [5.41, 5.74) is 5.93. The molecule has 4 N–H and O–H groups in total. The van der Waals surface area contributed by atoms with E-state index in [-0.39, 0.29) is 17.6 Å². The van der Waals surface area contributed by atoms with Crippen LogP contribution in [0.1, 0.15) is 30.8 Å². The van der Waals surface area contributed by atoms with Gasteiger partial charge >= 0.3 is 0 Å². The second-order valence-electron chi connectivity index (χ2n) is 4.33. The molecule has 6 heteroatoms. The second-order valence-corrected chi connectivity index (χ2v) is 4.33. The molecule has 1 saturated heterocycles. The maximum absolute atomic E-state index is 11.9. The number of amides is 1. The molecule has 16 heavy (non-hydrogen) atoms. The van der Waals surface area contributed by atoms with Crippen LogP contribution in [0.5, 0.6) is 0 Å². The molecule has 88 valence electrons. The Morgan fingerprint density at radius 1 is 1.81 bits per heavy atom. The van der Waals surface area contributed by atoms with Gasteiger partial charge in [0.05, 0.1) is 23.5 Å². The van der Waals surface area contributed by atoms with Crippen LogP contribution in [-0.2, 0) is 4.74 Å². The highest BCUT2D eigenvalue weighted by molar-refractivity contribution is 5.97. The third-order valence-electron chi connectivity index (χ3n) is 3.18. The maximum atomic E-state index is 11.9. The average Bonchev–Trinajstić information content (AvgIpc) is 2.75. The Balaban J connectivity index is 2.11. The van der Waals surface area contributed by atoms with Crippen LogP contribution in [0.15, 0.2) is 6.20 Å². The molecule has 0 saturated carbocycles. The van der Waals surface area contributed by atoms with E-state index in [4.69, 9.17) is 10.5 Å². The number of rotatable bonds is 2. The molecule has 0 bridgehead atoms. The first-order chi connectivity index (χ1) is 7.53. The van der Waals surface area contributed by atoms with Gasteiger partial charge in [0.15, 0.2) is 0 Å². The summed E-state index contributed by atoms with van der Waals surface area (Å²) in [5.74, 6) is -0.241. The number of nitrogens with two attached hydrogens (primary N) is 1. The lowest BCUT2D eigenvalue weighted by atomic mass is 9.94. The molecule has 1 fully saturated rings. The molecular weight excluding hydrogens is 208 g/mol. The number of ether oxygens (including phenoxy) is 1. The first-order valence-corrected chi connectivity index (χ1v) is 5.26. The van der Waals surface area contributed by atoms with Gasteiger partial charge < -0.3 is 15.8 Å². The fourth-order valence-corrected chi connectivity index (χ4v) is 1.80. The summed E-state index contributed by atoms with van der Waals surface area (Å²) in [6, 6.07) is 0. The zero-order valence-electron chi connectivity index (χ0n) is 9.41. The molecule has 1 aromatic rings. The molecule has 0 aromatic carbocycles. The maximum Gasteiger partial charge on any atom is 0.271 e. The van der Waals surface area contributed by atoms with Crippen molar-refractivity contribution in [2.45, 2.75) is 31.9 Å². The quantitative estimate of drug-likeness (QED) is 0.673. The van der Waals surface area contributed by atoms with E-state index in [1.807, 2.05) is 13.8 Å². The summed E-state index contributed by atoms with van der Waals surface area (Å²) < 4.78 is 5.45. The van der Waals surface area contributed by atoms with E-state index in [9.17, 15) is 4.79 Å². The van der Waals surface area contributed by atoms with Crippen LogP contribution < -0.4 is 11.1 Å². The number of carbonyl (C=O) groups excluding carboxylic acids is 1. The first kappa shape index (κ1) is 10.9. The molecule has 1 aliphatic rings. The number of carbonyl (C=O) groups is 1. The summed E-state index contributed by atoms with van der Waals surface area (Å²) in [4.78, 5) is 11.9. The lowest BCUT2D eigenvalue weighted by molar-refractivity contribution is 0.0724. The van der Waals surface area contributed by atoms with Gasteiger partial charge in [-0.1, -0.05) is 0 Å². The molecule has 1 aromatic heterocycles. The lowest BCUT2D eigenvalue weighted by Crippen LogP contribution is -2.50. The number of nitrogens with one attached hydrogen (secondary N) is 2. The summed E-state index contributed by atoms with van der Waals surface area (Å²) in [7, 11) is 0. The topological polar surface area (TPSA) is 93.0 Å². The predicted molar refractivity (Wildman–Crippen MR) is 58.9 cm³/mol. The largest absolute Gasteiger partial charge is 0.396 e. The van der Waals surface area contributed by atoms with Gasteiger partial charge in [0, 0.05) is 6.61 Å². The van der Waals surface area contributed by atoms with E-state index < -0.39 is 0 Å². The predicted octanol–water partition coefficient (Wildman–Crippen LogP) is 0.289. The van der Waals surface area contributed by atoms with Gasteiger partial charge in [0.25, 0.3) is 5.91 Å². The van der Waals surface area contributed by atoms with Crippen molar-refractivity contribution < 1.29 is 9.53 Å². The molecular formula is C10H16N4O2. The van der Waals surface area contributed by atoms with Gasteiger partial charge in [-0.15, -0.1) is 0 Å². The zero-order chi connectivity index (χ0) is 11.8. The van der Waals surface area contributed by atoms with Crippen LogP contribution in [0.4, 0.5) is 5.69 Å². The Bertz CT molecular complexity index is 403. The minimum Gasteiger partial charge on any atom is -0.396 e. The van der Waals surface area contributed by atoms with Crippen LogP contribution in [0, 0.1) is 0 Å².